The Balaban J connectivity index is 1.87. The van der Waals surface area contributed by atoms with Crippen molar-refractivity contribution in [3.63, 3.8) is 0 Å². The quantitative estimate of drug-likeness (QED) is 0.866. The first kappa shape index (κ1) is 12.9. The lowest BCUT2D eigenvalue weighted by atomic mass is 9.94. The Hall–Kier alpha value is -1.10. The molecule has 4 heteroatoms. The third-order valence-corrected chi connectivity index (χ3v) is 4.14. The first-order valence-corrected chi connectivity index (χ1v) is 7.08. The SMILES string of the molecule is CN(C)c1ccc2c(c1)CNC[C@@H]2N1CCOCC1. The molecular formula is C15H23N3O. The highest BCUT2D eigenvalue weighted by Gasteiger charge is 2.27. The fourth-order valence-electron chi connectivity index (χ4n) is 3.02. The minimum atomic E-state index is 0.504. The number of benzene rings is 1. The molecule has 0 aliphatic carbocycles. The third-order valence-electron chi connectivity index (χ3n) is 4.14. The molecule has 0 spiro atoms. The summed E-state index contributed by atoms with van der Waals surface area (Å²) in [6.07, 6.45) is 0. The van der Waals surface area contributed by atoms with Crippen LogP contribution in [0.5, 0.6) is 0 Å². The Bertz CT molecular complexity index is 441. The number of nitrogens with zero attached hydrogens (tertiary/aromatic N) is 2. The third kappa shape index (κ3) is 2.61. The molecule has 0 saturated carbocycles. The minimum absolute atomic E-state index is 0.504. The molecule has 3 rings (SSSR count). The van der Waals surface area contributed by atoms with Crippen molar-refractivity contribution < 1.29 is 4.74 Å². The molecule has 2 aliphatic rings. The number of anilines is 1. The molecule has 0 radical (unpaired) electrons. The van der Waals surface area contributed by atoms with Crippen LogP contribution in [0.1, 0.15) is 17.2 Å². The van der Waals surface area contributed by atoms with Gasteiger partial charge in [0.25, 0.3) is 0 Å². The molecule has 1 fully saturated rings. The summed E-state index contributed by atoms with van der Waals surface area (Å²) in [5.74, 6) is 0. The zero-order chi connectivity index (χ0) is 13.2. The van der Waals surface area contributed by atoms with Gasteiger partial charge in [0.2, 0.25) is 0 Å². The van der Waals surface area contributed by atoms with E-state index in [-0.39, 0.29) is 0 Å². The van der Waals surface area contributed by atoms with Crippen molar-refractivity contribution in [2.24, 2.45) is 0 Å². The van der Waals surface area contributed by atoms with Gasteiger partial charge in [-0.15, -0.1) is 0 Å². The van der Waals surface area contributed by atoms with Crippen LogP contribution >= 0.6 is 0 Å². The van der Waals surface area contributed by atoms with E-state index in [1.165, 1.54) is 16.8 Å². The first-order valence-electron chi connectivity index (χ1n) is 7.08. The Kier molecular flexibility index (Phi) is 3.73. The van der Waals surface area contributed by atoms with E-state index in [9.17, 15) is 0 Å². The van der Waals surface area contributed by atoms with E-state index in [0.717, 1.165) is 39.4 Å². The van der Waals surface area contributed by atoms with Crippen molar-refractivity contribution in [2.75, 3.05) is 51.8 Å². The van der Waals surface area contributed by atoms with Crippen LogP contribution in [0.4, 0.5) is 5.69 Å². The number of hydrogen-bond donors (Lipinski definition) is 1. The molecule has 1 aromatic rings. The van der Waals surface area contributed by atoms with Crippen LogP contribution in [0.15, 0.2) is 18.2 Å². The Morgan fingerprint density at radius 1 is 1.26 bits per heavy atom. The van der Waals surface area contributed by atoms with Gasteiger partial charge in [0, 0.05) is 52.0 Å². The topological polar surface area (TPSA) is 27.7 Å². The minimum Gasteiger partial charge on any atom is -0.379 e. The van der Waals surface area contributed by atoms with Crippen LogP contribution in [0.25, 0.3) is 0 Å². The van der Waals surface area contributed by atoms with Gasteiger partial charge in [-0.05, 0) is 23.3 Å². The van der Waals surface area contributed by atoms with E-state index in [1.807, 2.05) is 0 Å². The lowest BCUT2D eigenvalue weighted by Gasteiger charge is -2.38. The normalized spacial score (nSPS) is 24.0. The molecule has 104 valence electrons. The van der Waals surface area contributed by atoms with Crippen molar-refractivity contribution in [3.8, 4) is 0 Å². The Morgan fingerprint density at radius 3 is 2.79 bits per heavy atom. The van der Waals surface area contributed by atoms with E-state index in [1.54, 1.807) is 0 Å². The van der Waals surface area contributed by atoms with Crippen LogP contribution in [0.2, 0.25) is 0 Å². The second-order valence-electron chi connectivity index (χ2n) is 5.57. The van der Waals surface area contributed by atoms with Gasteiger partial charge in [-0.2, -0.15) is 0 Å². The predicted molar refractivity (Wildman–Crippen MR) is 77.6 cm³/mol. The lowest BCUT2D eigenvalue weighted by molar-refractivity contribution is 0.0146. The molecule has 0 aromatic heterocycles. The fraction of sp³-hybridized carbons (Fsp3) is 0.600. The fourth-order valence-corrected chi connectivity index (χ4v) is 3.02. The second-order valence-corrected chi connectivity index (χ2v) is 5.57. The average Bonchev–Trinajstić information content (AvgIpc) is 2.47. The zero-order valence-corrected chi connectivity index (χ0v) is 11.9. The van der Waals surface area contributed by atoms with Gasteiger partial charge in [-0.3, -0.25) is 4.90 Å². The summed E-state index contributed by atoms with van der Waals surface area (Å²) in [5.41, 5.74) is 4.21. The number of morpholine rings is 1. The van der Waals surface area contributed by atoms with E-state index in [0.29, 0.717) is 6.04 Å². The maximum absolute atomic E-state index is 5.46. The Morgan fingerprint density at radius 2 is 2.05 bits per heavy atom. The zero-order valence-electron chi connectivity index (χ0n) is 11.9. The number of fused-ring (bicyclic) bond motifs is 1. The molecule has 0 bridgehead atoms. The van der Waals surface area contributed by atoms with Crippen LogP contribution < -0.4 is 10.2 Å². The van der Waals surface area contributed by atoms with Crippen molar-refractivity contribution in [1.29, 1.82) is 0 Å². The van der Waals surface area contributed by atoms with Crippen molar-refractivity contribution in [3.05, 3.63) is 29.3 Å². The molecule has 4 nitrogen and oxygen atoms in total. The smallest absolute Gasteiger partial charge is 0.0594 e. The molecule has 2 aliphatic heterocycles. The molecule has 0 unspecified atom stereocenters. The molecule has 19 heavy (non-hydrogen) atoms. The van der Waals surface area contributed by atoms with E-state index >= 15 is 0 Å². The van der Waals surface area contributed by atoms with Crippen LogP contribution in [-0.2, 0) is 11.3 Å². The van der Waals surface area contributed by atoms with Gasteiger partial charge >= 0.3 is 0 Å². The molecule has 1 atom stereocenters. The average molecular weight is 261 g/mol. The number of ether oxygens (including phenoxy) is 1. The van der Waals surface area contributed by atoms with E-state index < -0.39 is 0 Å². The second kappa shape index (κ2) is 5.49. The van der Waals surface area contributed by atoms with Gasteiger partial charge in [0.15, 0.2) is 0 Å². The highest BCUT2D eigenvalue weighted by Crippen LogP contribution is 2.30. The molecule has 1 saturated heterocycles. The number of hydrogen-bond acceptors (Lipinski definition) is 4. The maximum atomic E-state index is 5.46. The molecular weight excluding hydrogens is 238 g/mol. The van der Waals surface area contributed by atoms with Crippen LogP contribution in [0, 0.1) is 0 Å². The monoisotopic (exact) mass is 261 g/mol. The number of rotatable bonds is 2. The summed E-state index contributed by atoms with van der Waals surface area (Å²) < 4.78 is 5.46. The summed E-state index contributed by atoms with van der Waals surface area (Å²) >= 11 is 0. The van der Waals surface area contributed by atoms with Gasteiger partial charge in [0.05, 0.1) is 13.2 Å². The highest BCUT2D eigenvalue weighted by molar-refractivity contribution is 5.51. The lowest BCUT2D eigenvalue weighted by Crippen LogP contribution is -2.45. The van der Waals surface area contributed by atoms with E-state index in [4.69, 9.17) is 4.74 Å². The largest absolute Gasteiger partial charge is 0.379 e. The summed E-state index contributed by atoms with van der Waals surface area (Å²) in [5, 5.41) is 3.55. The Labute approximate surface area is 115 Å². The molecule has 0 amide bonds. The first-order chi connectivity index (χ1) is 9.25. The predicted octanol–water partition coefficient (Wildman–Crippen LogP) is 1.23. The number of nitrogens with one attached hydrogen (secondary N) is 1. The molecule has 1 aromatic carbocycles. The summed E-state index contributed by atoms with van der Waals surface area (Å²) in [6, 6.07) is 7.36. The van der Waals surface area contributed by atoms with Crippen LogP contribution in [0.3, 0.4) is 0 Å². The summed E-state index contributed by atoms with van der Waals surface area (Å²) in [7, 11) is 4.19. The standard InChI is InChI=1S/C15H23N3O/c1-17(2)13-3-4-14-12(9-13)10-16-11-15(14)18-5-7-19-8-6-18/h3-4,9,15-16H,5-8,10-11H2,1-2H3/t15-/m0/s1. The van der Waals surface area contributed by atoms with Gasteiger partial charge in [-0.25, -0.2) is 0 Å². The molecule has 1 N–H and O–H groups in total. The summed E-state index contributed by atoms with van der Waals surface area (Å²) in [4.78, 5) is 4.71. The van der Waals surface area contributed by atoms with Gasteiger partial charge in [0.1, 0.15) is 0 Å². The van der Waals surface area contributed by atoms with Crippen molar-refractivity contribution in [2.45, 2.75) is 12.6 Å². The van der Waals surface area contributed by atoms with Gasteiger partial charge in [-0.1, -0.05) is 6.07 Å². The molecule has 2 heterocycles. The van der Waals surface area contributed by atoms with Gasteiger partial charge < -0.3 is 15.0 Å². The maximum Gasteiger partial charge on any atom is 0.0594 e. The highest BCUT2D eigenvalue weighted by atomic mass is 16.5. The van der Waals surface area contributed by atoms with Crippen molar-refractivity contribution in [1.82, 2.24) is 10.2 Å². The van der Waals surface area contributed by atoms with Crippen LogP contribution in [-0.4, -0.2) is 51.8 Å². The van der Waals surface area contributed by atoms with Crippen molar-refractivity contribution >= 4 is 5.69 Å². The van der Waals surface area contributed by atoms with E-state index in [2.05, 4.69) is 47.4 Å². The summed E-state index contributed by atoms with van der Waals surface area (Å²) in [6.45, 7) is 5.85.